The molecule has 0 radical (unpaired) electrons. The van der Waals surface area contributed by atoms with E-state index in [9.17, 15) is 8.78 Å². The van der Waals surface area contributed by atoms with Gasteiger partial charge in [-0.25, -0.2) is 19.5 Å². The summed E-state index contributed by atoms with van der Waals surface area (Å²) in [6, 6.07) is 10.6. The van der Waals surface area contributed by atoms with Crippen LogP contribution in [0.15, 0.2) is 55.1 Å². The highest BCUT2D eigenvalue weighted by Gasteiger charge is 2.25. The van der Waals surface area contributed by atoms with Crippen LogP contribution in [0, 0.1) is 6.92 Å². The monoisotopic (exact) mass is 451 g/mol. The lowest BCUT2D eigenvalue weighted by molar-refractivity contribution is -0.0503. The Hall–Kier alpha value is -3.82. The summed E-state index contributed by atoms with van der Waals surface area (Å²) in [5.74, 6) is 1.15. The molecule has 8 nitrogen and oxygen atoms in total. The molecule has 1 aliphatic carbocycles. The minimum Gasteiger partial charge on any atom is -0.432 e. The number of aromatic nitrogens is 5. The van der Waals surface area contributed by atoms with Crippen molar-refractivity contribution in [3.63, 3.8) is 0 Å². The lowest BCUT2D eigenvalue weighted by Gasteiger charge is -2.15. The van der Waals surface area contributed by atoms with Crippen LogP contribution in [0.3, 0.4) is 0 Å². The van der Waals surface area contributed by atoms with Gasteiger partial charge in [0.25, 0.3) is 0 Å². The Labute approximate surface area is 189 Å². The average molecular weight is 451 g/mol. The van der Waals surface area contributed by atoms with E-state index in [0.29, 0.717) is 5.95 Å². The average Bonchev–Trinajstić information content (AvgIpc) is 3.41. The van der Waals surface area contributed by atoms with Crippen molar-refractivity contribution in [3.05, 3.63) is 60.7 Å². The van der Waals surface area contributed by atoms with Crippen molar-refractivity contribution >= 4 is 17.3 Å². The minimum absolute atomic E-state index is 0.0602. The van der Waals surface area contributed by atoms with Gasteiger partial charge in [-0.15, -0.1) is 0 Å². The van der Waals surface area contributed by atoms with E-state index in [1.807, 2.05) is 48.1 Å². The quantitative estimate of drug-likeness (QED) is 0.426. The highest BCUT2D eigenvalue weighted by Crippen LogP contribution is 2.26. The first-order valence-electron chi connectivity index (χ1n) is 10.7. The summed E-state index contributed by atoms with van der Waals surface area (Å²) >= 11 is 0. The zero-order valence-corrected chi connectivity index (χ0v) is 17.9. The second-order valence-corrected chi connectivity index (χ2v) is 8.08. The van der Waals surface area contributed by atoms with E-state index in [2.05, 4.69) is 41.5 Å². The summed E-state index contributed by atoms with van der Waals surface area (Å²) in [4.78, 5) is 12.7. The third-order valence-electron chi connectivity index (χ3n) is 5.77. The Morgan fingerprint density at radius 3 is 2.48 bits per heavy atom. The third-order valence-corrected chi connectivity index (χ3v) is 5.77. The zero-order chi connectivity index (χ0) is 22.8. The van der Waals surface area contributed by atoms with Crippen LogP contribution < -0.4 is 15.4 Å². The van der Waals surface area contributed by atoms with Gasteiger partial charge < -0.3 is 15.4 Å². The largest absolute Gasteiger partial charge is 0.432 e. The molecule has 0 aromatic carbocycles. The number of aryl methyl sites for hydroxylation is 1. The van der Waals surface area contributed by atoms with Crippen LogP contribution in [0.2, 0.25) is 0 Å². The van der Waals surface area contributed by atoms with Crippen molar-refractivity contribution in [2.75, 3.05) is 10.6 Å². The molecule has 0 amide bonds. The molecule has 2 atom stereocenters. The molecule has 1 saturated carbocycles. The van der Waals surface area contributed by atoms with Crippen molar-refractivity contribution in [1.82, 2.24) is 24.6 Å². The summed E-state index contributed by atoms with van der Waals surface area (Å²) in [6.07, 6.45) is 8.98. The van der Waals surface area contributed by atoms with Gasteiger partial charge in [0.2, 0.25) is 5.95 Å². The Balaban J connectivity index is 1.18. The van der Waals surface area contributed by atoms with E-state index < -0.39 is 6.61 Å². The Bertz CT molecular complexity index is 1230. The van der Waals surface area contributed by atoms with Gasteiger partial charge in [0.05, 0.1) is 29.8 Å². The van der Waals surface area contributed by atoms with Gasteiger partial charge in [0, 0.05) is 23.8 Å². The molecule has 10 heteroatoms. The smallest absolute Gasteiger partial charge is 0.387 e. The van der Waals surface area contributed by atoms with Crippen LogP contribution in [0.4, 0.5) is 20.5 Å². The van der Waals surface area contributed by atoms with E-state index in [-0.39, 0.29) is 17.8 Å². The molecule has 1 fully saturated rings. The summed E-state index contributed by atoms with van der Waals surface area (Å²) in [6.45, 7) is -0.843. The number of nitrogens with zero attached hydrogens (tertiary/aromatic N) is 5. The van der Waals surface area contributed by atoms with E-state index >= 15 is 0 Å². The van der Waals surface area contributed by atoms with Gasteiger partial charge in [-0.3, -0.25) is 0 Å². The first kappa shape index (κ1) is 21.0. The van der Waals surface area contributed by atoms with Crippen LogP contribution >= 0.6 is 0 Å². The molecule has 2 N–H and O–H groups in total. The SMILES string of the molecule is Cc1cnn2c(-c3ccc(N[C@H]4CC[C@H](Nc5ncc(OC(F)F)cn5)C4)nc3)cccc12. The molecule has 0 bridgehead atoms. The van der Waals surface area contributed by atoms with E-state index in [0.717, 1.165) is 47.4 Å². The van der Waals surface area contributed by atoms with Gasteiger partial charge in [-0.1, -0.05) is 6.07 Å². The predicted octanol–water partition coefficient (Wildman–Crippen LogP) is 4.54. The number of hydrogen-bond donors (Lipinski definition) is 2. The molecule has 0 aliphatic heterocycles. The summed E-state index contributed by atoms with van der Waals surface area (Å²) in [7, 11) is 0. The molecule has 33 heavy (non-hydrogen) atoms. The van der Waals surface area contributed by atoms with Gasteiger partial charge in [-0.05, 0) is 56.0 Å². The highest BCUT2D eigenvalue weighted by atomic mass is 19.3. The van der Waals surface area contributed by atoms with Gasteiger partial charge in [0.15, 0.2) is 5.75 Å². The number of hydrogen-bond acceptors (Lipinski definition) is 7. The normalized spacial score (nSPS) is 18.1. The number of halogens is 2. The molecular formula is C23H23F2N7O. The zero-order valence-electron chi connectivity index (χ0n) is 17.9. The van der Waals surface area contributed by atoms with Crippen molar-refractivity contribution < 1.29 is 13.5 Å². The van der Waals surface area contributed by atoms with Crippen LogP contribution in [0.5, 0.6) is 5.75 Å². The van der Waals surface area contributed by atoms with Crippen molar-refractivity contribution in [1.29, 1.82) is 0 Å². The van der Waals surface area contributed by atoms with Crippen molar-refractivity contribution in [2.45, 2.75) is 44.9 Å². The Morgan fingerprint density at radius 1 is 0.970 bits per heavy atom. The Kier molecular flexibility index (Phi) is 5.72. The first-order chi connectivity index (χ1) is 16.0. The molecule has 0 unspecified atom stereocenters. The van der Waals surface area contributed by atoms with Crippen LogP contribution in [0.25, 0.3) is 16.8 Å². The fraction of sp³-hybridized carbons (Fsp3) is 0.304. The maximum atomic E-state index is 12.2. The number of ether oxygens (including phenoxy) is 1. The van der Waals surface area contributed by atoms with Crippen LogP contribution in [-0.2, 0) is 0 Å². The second-order valence-electron chi connectivity index (χ2n) is 8.08. The van der Waals surface area contributed by atoms with Gasteiger partial charge in [0.1, 0.15) is 5.82 Å². The maximum Gasteiger partial charge on any atom is 0.387 e. The molecular weight excluding hydrogens is 428 g/mol. The van der Waals surface area contributed by atoms with Gasteiger partial charge >= 0.3 is 6.61 Å². The summed E-state index contributed by atoms with van der Waals surface area (Å²) in [5, 5.41) is 11.2. The van der Waals surface area contributed by atoms with Gasteiger partial charge in [-0.2, -0.15) is 13.9 Å². The fourth-order valence-electron chi connectivity index (χ4n) is 4.17. The summed E-state index contributed by atoms with van der Waals surface area (Å²) in [5.41, 5.74) is 4.21. The number of rotatable bonds is 7. The highest BCUT2D eigenvalue weighted by molar-refractivity contribution is 5.66. The number of anilines is 2. The van der Waals surface area contributed by atoms with Crippen molar-refractivity contribution in [3.8, 4) is 17.0 Å². The first-order valence-corrected chi connectivity index (χ1v) is 10.7. The number of fused-ring (bicyclic) bond motifs is 1. The number of pyridine rings is 2. The fourth-order valence-corrected chi connectivity index (χ4v) is 4.17. The predicted molar refractivity (Wildman–Crippen MR) is 120 cm³/mol. The lowest BCUT2D eigenvalue weighted by Crippen LogP contribution is -2.22. The van der Waals surface area contributed by atoms with E-state index in [1.165, 1.54) is 12.4 Å². The van der Waals surface area contributed by atoms with E-state index in [4.69, 9.17) is 0 Å². The Morgan fingerprint density at radius 2 is 1.76 bits per heavy atom. The molecule has 0 saturated heterocycles. The molecule has 4 heterocycles. The third kappa shape index (κ3) is 4.69. The second kappa shape index (κ2) is 8.97. The topological polar surface area (TPSA) is 89.3 Å². The summed E-state index contributed by atoms with van der Waals surface area (Å²) < 4.78 is 30.7. The molecule has 5 rings (SSSR count). The molecule has 170 valence electrons. The number of nitrogens with one attached hydrogen (secondary N) is 2. The maximum absolute atomic E-state index is 12.2. The van der Waals surface area contributed by atoms with Crippen molar-refractivity contribution in [2.24, 2.45) is 0 Å². The molecule has 4 aromatic rings. The molecule has 0 spiro atoms. The number of alkyl halides is 2. The minimum atomic E-state index is -2.89. The molecule has 1 aliphatic rings. The van der Waals surface area contributed by atoms with Crippen LogP contribution in [-0.4, -0.2) is 43.3 Å². The standard InChI is InChI=1S/C23H23F2N7O/c1-14-10-29-32-19(14)3-2-4-20(32)15-5-8-21(26-11-15)30-16-6-7-17(9-16)31-23-27-12-18(13-28-23)33-22(24)25/h2-5,8,10-13,16-17,22H,6-7,9H2,1H3,(H,26,30)(H,27,28,31)/t16-,17-/m0/s1. The molecule has 4 aromatic heterocycles. The van der Waals surface area contributed by atoms with E-state index in [1.54, 1.807) is 0 Å². The van der Waals surface area contributed by atoms with Crippen LogP contribution in [0.1, 0.15) is 24.8 Å². The lowest BCUT2D eigenvalue weighted by atomic mass is 10.1.